The van der Waals surface area contributed by atoms with E-state index in [1.54, 1.807) is 17.0 Å². The normalized spacial score (nSPS) is 14.4. The van der Waals surface area contributed by atoms with Crippen molar-refractivity contribution in [2.75, 3.05) is 44.2 Å². The van der Waals surface area contributed by atoms with Crippen LogP contribution in [-0.4, -0.2) is 67.1 Å². The highest BCUT2D eigenvalue weighted by atomic mass is 19.4. The van der Waals surface area contributed by atoms with E-state index in [4.69, 9.17) is 4.74 Å². The molecule has 2 amide bonds. The van der Waals surface area contributed by atoms with Crippen molar-refractivity contribution in [3.63, 3.8) is 0 Å². The molecule has 184 valence electrons. The van der Waals surface area contributed by atoms with Gasteiger partial charge in [0, 0.05) is 51.1 Å². The van der Waals surface area contributed by atoms with Gasteiger partial charge in [0.15, 0.2) is 0 Å². The van der Waals surface area contributed by atoms with Gasteiger partial charge in [0.25, 0.3) is 11.8 Å². The number of nitrogens with one attached hydrogen (secondary N) is 1. The molecule has 10 heteroatoms. The van der Waals surface area contributed by atoms with E-state index < -0.39 is 11.7 Å². The highest BCUT2D eigenvalue weighted by Crippen LogP contribution is 2.29. The minimum Gasteiger partial charge on any atom is -0.379 e. The SMILES string of the molecule is CC(C)OCCCNC(=O)c1ccc(N2CCN(C(=O)c3ccc(C(F)(F)F)cc3)CC2)nc1. The molecule has 0 radical (unpaired) electrons. The summed E-state index contributed by atoms with van der Waals surface area (Å²) >= 11 is 0. The second-order valence-electron chi connectivity index (χ2n) is 8.29. The van der Waals surface area contributed by atoms with Gasteiger partial charge in [-0.15, -0.1) is 0 Å². The first kappa shape index (κ1) is 25.5. The molecule has 1 saturated heterocycles. The van der Waals surface area contributed by atoms with Crippen LogP contribution in [-0.2, 0) is 10.9 Å². The van der Waals surface area contributed by atoms with Gasteiger partial charge >= 0.3 is 6.18 Å². The lowest BCUT2D eigenvalue weighted by Crippen LogP contribution is -2.49. The summed E-state index contributed by atoms with van der Waals surface area (Å²) < 4.78 is 43.6. The first-order valence-corrected chi connectivity index (χ1v) is 11.2. The lowest BCUT2D eigenvalue weighted by molar-refractivity contribution is -0.137. The van der Waals surface area contributed by atoms with Crippen molar-refractivity contribution in [1.82, 2.24) is 15.2 Å². The van der Waals surface area contributed by atoms with Gasteiger partial charge < -0.3 is 19.9 Å². The van der Waals surface area contributed by atoms with E-state index in [1.165, 1.54) is 18.3 Å². The molecule has 1 fully saturated rings. The molecule has 0 unspecified atom stereocenters. The number of alkyl halides is 3. The highest BCUT2D eigenvalue weighted by Gasteiger charge is 2.30. The molecule has 1 aromatic carbocycles. The Kier molecular flexibility index (Phi) is 8.49. The fourth-order valence-corrected chi connectivity index (χ4v) is 3.53. The van der Waals surface area contributed by atoms with Crippen LogP contribution in [0.4, 0.5) is 19.0 Å². The molecule has 1 aromatic heterocycles. The minimum atomic E-state index is -4.43. The molecular weight excluding hydrogens is 449 g/mol. The van der Waals surface area contributed by atoms with Crippen molar-refractivity contribution in [2.24, 2.45) is 0 Å². The van der Waals surface area contributed by atoms with Gasteiger partial charge in [-0.3, -0.25) is 9.59 Å². The van der Waals surface area contributed by atoms with Crippen LogP contribution in [0, 0.1) is 0 Å². The van der Waals surface area contributed by atoms with E-state index >= 15 is 0 Å². The van der Waals surface area contributed by atoms with E-state index in [0.717, 1.165) is 18.6 Å². The highest BCUT2D eigenvalue weighted by molar-refractivity contribution is 5.95. The number of benzene rings is 1. The number of carbonyl (C=O) groups is 2. The van der Waals surface area contributed by atoms with Gasteiger partial charge in [0.2, 0.25) is 0 Å². The standard InChI is InChI=1S/C24H29F3N4O3/c1-17(2)34-15-3-10-28-22(32)19-6-9-21(29-16-19)30-11-13-31(14-12-30)23(33)18-4-7-20(8-5-18)24(25,26)27/h4-9,16-17H,3,10-15H2,1-2H3,(H,28,32). The summed E-state index contributed by atoms with van der Waals surface area (Å²) in [5.41, 5.74) is -0.0902. The third-order valence-corrected chi connectivity index (χ3v) is 5.42. The van der Waals surface area contributed by atoms with Crippen LogP contribution < -0.4 is 10.2 Å². The molecular formula is C24H29F3N4O3. The topological polar surface area (TPSA) is 74.8 Å². The number of anilines is 1. The largest absolute Gasteiger partial charge is 0.416 e. The van der Waals surface area contributed by atoms with Crippen molar-refractivity contribution in [3.8, 4) is 0 Å². The first-order valence-electron chi connectivity index (χ1n) is 11.2. The maximum absolute atomic E-state index is 12.7. The zero-order chi connectivity index (χ0) is 24.7. The average molecular weight is 479 g/mol. The Hall–Kier alpha value is -3.14. The number of hydrogen-bond acceptors (Lipinski definition) is 5. The summed E-state index contributed by atoms with van der Waals surface area (Å²) in [6.45, 7) is 6.92. The molecule has 0 saturated carbocycles. The molecule has 34 heavy (non-hydrogen) atoms. The number of carbonyl (C=O) groups excluding carboxylic acids is 2. The van der Waals surface area contributed by atoms with Gasteiger partial charge in [-0.2, -0.15) is 13.2 Å². The van der Waals surface area contributed by atoms with Crippen LogP contribution in [0.5, 0.6) is 0 Å². The zero-order valence-corrected chi connectivity index (χ0v) is 19.3. The fraction of sp³-hybridized carbons (Fsp3) is 0.458. The average Bonchev–Trinajstić information content (AvgIpc) is 2.83. The number of aromatic nitrogens is 1. The number of pyridine rings is 1. The van der Waals surface area contributed by atoms with Crippen molar-refractivity contribution in [3.05, 3.63) is 59.3 Å². The monoisotopic (exact) mass is 478 g/mol. The minimum absolute atomic E-state index is 0.164. The van der Waals surface area contributed by atoms with E-state index in [2.05, 4.69) is 10.3 Å². The molecule has 0 spiro atoms. The van der Waals surface area contributed by atoms with E-state index in [-0.39, 0.29) is 23.5 Å². The van der Waals surface area contributed by atoms with E-state index in [0.29, 0.717) is 50.7 Å². The van der Waals surface area contributed by atoms with Crippen LogP contribution in [0.2, 0.25) is 0 Å². The van der Waals surface area contributed by atoms with Crippen LogP contribution in [0.25, 0.3) is 0 Å². The summed E-state index contributed by atoms with van der Waals surface area (Å²) in [4.78, 5) is 32.9. The number of amides is 2. The molecule has 7 nitrogen and oxygen atoms in total. The Morgan fingerprint density at radius 3 is 2.24 bits per heavy atom. The molecule has 2 heterocycles. The first-order chi connectivity index (χ1) is 16.1. The molecule has 1 aliphatic rings. The van der Waals surface area contributed by atoms with Crippen LogP contribution in [0.15, 0.2) is 42.6 Å². The Morgan fingerprint density at radius 1 is 1.03 bits per heavy atom. The third-order valence-electron chi connectivity index (χ3n) is 5.42. The van der Waals surface area contributed by atoms with Gasteiger partial charge in [0.1, 0.15) is 5.82 Å². The molecule has 3 rings (SSSR count). The smallest absolute Gasteiger partial charge is 0.379 e. The molecule has 1 N–H and O–H groups in total. The van der Waals surface area contributed by atoms with E-state index in [1.807, 2.05) is 18.7 Å². The second-order valence-corrected chi connectivity index (χ2v) is 8.29. The lowest BCUT2D eigenvalue weighted by atomic mass is 10.1. The quantitative estimate of drug-likeness (QED) is 0.587. The van der Waals surface area contributed by atoms with Gasteiger partial charge in [-0.1, -0.05) is 0 Å². The zero-order valence-electron chi connectivity index (χ0n) is 19.3. The van der Waals surface area contributed by atoms with Gasteiger partial charge in [-0.05, 0) is 56.7 Å². The second kappa shape index (κ2) is 11.3. The van der Waals surface area contributed by atoms with Crippen LogP contribution in [0.3, 0.4) is 0 Å². The van der Waals surface area contributed by atoms with Gasteiger partial charge in [0.05, 0.1) is 17.2 Å². The third kappa shape index (κ3) is 6.93. The fourth-order valence-electron chi connectivity index (χ4n) is 3.53. The Bertz CT molecular complexity index is 955. The molecule has 0 bridgehead atoms. The predicted molar refractivity (Wildman–Crippen MR) is 122 cm³/mol. The number of halogens is 3. The van der Waals surface area contributed by atoms with Crippen molar-refractivity contribution in [2.45, 2.75) is 32.5 Å². The molecule has 0 aliphatic carbocycles. The van der Waals surface area contributed by atoms with Crippen LogP contribution in [0.1, 0.15) is 46.5 Å². The van der Waals surface area contributed by atoms with Gasteiger partial charge in [-0.25, -0.2) is 4.98 Å². The summed E-state index contributed by atoms with van der Waals surface area (Å²) in [6, 6.07) is 7.74. The summed E-state index contributed by atoms with van der Waals surface area (Å²) in [6.07, 6.45) is -2.02. The van der Waals surface area contributed by atoms with Crippen molar-refractivity contribution in [1.29, 1.82) is 0 Å². The number of rotatable bonds is 8. The molecule has 1 aliphatic heterocycles. The van der Waals surface area contributed by atoms with Crippen molar-refractivity contribution >= 4 is 17.6 Å². The number of piperazine rings is 1. The Morgan fingerprint density at radius 2 is 1.68 bits per heavy atom. The summed E-state index contributed by atoms with van der Waals surface area (Å²) in [5.74, 6) is 0.200. The Labute approximate surface area is 196 Å². The van der Waals surface area contributed by atoms with E-state index in [9.17, 15) is 22.8 Å². The summed E-state index contributed by atoms with van der Waals surface area (Å²) in [5, 5.41) is 2.84. The number of nitrogens with zero attached hydrogens (tertiary/aromatic N) is 3. The maximum Gasteiger partial charge on any atom is 0.416 e. The predicted octanol–water partition coefficient (Wildman–Crippen LogP) is 3.61. The Balaban J connectivity index is 1.47. The maximum atomic E-state index is 12.7. The molecule has 0 atom stereocenters. The number of hydrogen-bond donors (Lipinski definition) is 1. The molecule has 2 aromatic rings. The van der Waals surface area contributed by atoms with Crippen molar-refractivity contribution < 1.29 is 27.5 Å². The number of ether oxygens (including phenoxy) is 1. The lowest BCUT2D eigenvalue weighted by Gasteiger charge is -2.35. The summed E-state index contributed by atoms with van der Waals surface area (Å²) in [7, 11) is 0. The van der Waals surface area contributed by atoms with Crippen LogP contribution >= 0.6 is 0 Å².